The van der Waals surface area contributed by atoms with E-state index < -0.39 is 0 Å². The lowest BCUT2D eigenvalue weighted by molar-refractivity contribution is -0.710. The summed E-state index contributed by atoms with van der Waals surface area (Å²) in [6.07, 6.45) is 24.1. The summed E-state index contributed by atoms with van der Waals surface area (Å²) in [7, 11) is 0. The van der Waals surface area contributed by atoms with Crippen LogP contribution in [-0.2, 0) is 18.0 Å². The summed E-state index contributed by atoms with van der Waals surface area (Å²) in [4.78, 5) is 0. The number of rotatable bonds is 20. The van der Waals surface area contributed by atoms with Crippen LogP contribution >= 0.6 is 0 Å². The molecule has 0 atom stereocenters. The normalized spacial score (nSPS) is 11.5. The summed E-state index contributed by atoms with van der Waals surface area (Å²) < 4.78 is 10.7. The third kappa shape index (κ3) is 10.7. The number of benzene rings is 1. The van der Waals surface area contributed by atoms with Crippen molar-refractivity contribution < 1.29 is 9.30 Å². The van der Waals surface area contributed by atoms with Crippen molar-refractivity contribution >= 4 is 11.0 Å². The maximum absolute atomic E-state index is 6.03. The molecule has 0 aliphatic heterocycles. The van der Waals surface area contributed by atoms with Gasteiger partial charge in [-0.15, -0.1) is 0 Å². The minimum atomic E-state index is 0.667. The van der Waals surface area contributed by atoms with Gasteiger partial charge in [0.05, 0.1) is 13.2 Å². The van der Waals surface area contributed by atoms with Crippen LogP contribution in [0.15, 0.2) is 30.6 Å². The van der Waals surface area contributed by atoms with E-state index >= 15 is 0 Å². The first-order valence-corrected chi connectivity index (χ1v) is 13.4. The molecule has 31 heavy (non-hydrogen) atoms. The number of para-hydroxylation sites is 2. The Bertz CT molecular complexity index is 679. The van der Waals surface area contributed by atoms with E-state index in [0.29, 0.717) is 6.73 Å². The monoisotopic (exact) mass is 429 g/mol. The number of hydrogen-bond donors (Lipinski definition) is 0. The van der Waals surface area contributed by atoms with E-state index in [-0.39, 0.29) is 0 Å². The predicted molar refractivity (Wildman–Crippen MR) is 133 cm³/mol. The minimum Gasteiger partial charge on any atom is -0.342 e. The van der Waals surface area contributed by atoms with Crippen LogP contribution in [0, 0.1) is 0 Å². The van der Waals surface area contributed by atoms with Gasteiger partial charge in [-0.1, -0.05) is 109 Å². The van der Waals surface area contributed by atoms with Crippen molar-refractivity contribution in [2.45, 2.75) is 130 Å². The Balaban J connectivity index is 1.54. The lowest BCUT2D eigenvalue weighted by atomic mass is 10.1. The van der Waals surface area contributed by atoms with Crippen molar-refractivity contribution in [3.8, 4) is 0 Å². The summed E-state index contributed by atoms with van der Waals surface area (Å²) in [5.41, 5.74) is 2.61. The fourth-order valence-corrected chi connectivity index (χ4v) is 4.44. The highest BCUT2D eigenvalue weighted by molar-refractivity contribution is 5.71. The highest BCUT2D eigenvalue weighted by Gasteiger charge is 2.14. The van der Waals surface area contributed by atoms with Gasteiger partial charge in [-0.05, 0) is 31.4 Å². The number of aryl methyl sites for hydroxylation is 1. The number of nitrogens with zero attached hydrogens (tertiary/aromatic N) is 2. The number of imidazole rings is 1. The molecule has 0 saturated heterocycles. The van der Waals surface area contributed by atoms with Crippen molar-refractivity contribution in [1.82, 2.24) is 4.57 Å². The van der Waals surface area contributed by atoms with Crippen LogP contribution in [0.25, 0.3) is 11.0 Å². The summed E-state index contributed by atoms with van der Waals surface area (Å²) in [6, 6.07) is 8.72. The lowest BCUT2D eigenvalue weighted by Crippen LogP contribution is -2.34. The summed E-state index contributed by atoms with van der Waals surface area (Å²) in [6.45, 7) is 7.21. The molecular formula is C28H49N2O+. The molecule has 0 aliphatic rings. The van der Waals surface area contributed by atoms with Gasteiger partial charge in [-0.3, -0.25) is 0 Å². The largest absolute Gasteiger partial charge is 0.342 e. The van der Waals surface area contributed by atoms with Crippen LogP contribution in [0.4, 0.5) is 0 Å². The topological polar surface area (TPSA) is 18.0 Å². The molecule has 1 aromatic carbocycles. The van der Waals surface area contributed by atoms with E-state index in [9.17, 15) is 0 Å². The van der Waals surface area contributed by atoms with Gasteiger partial charge >= 0.3 is 0 Å². The Morgan fingerprint density at radius 3 is 1.87 bits per heavy atom. The molecule has 0 amide bonds. The van der Waals surface area contributed by atoms with Crippen LogP contribution in [0.1, 0.15) is 117 Å². The van der Waals surface area contributed by atoms with Gasteiger partial charge < -0.3 is 4.74 Å². The van der Waals surface area contributed by atoms with Gasteiger partial charge in [0.25, 0.3) is 0 Å². The number of ether oxygens (including phenoxy) is 1. The molecule has 1 aromatic heterocycles. The third-order valence-corrected chi connectivity index (χ3v) is 6.40. The second kappa shape index (κ2) is 17.2. The molecule has 0 fully saturated rings. The van der Waals surface area contributed by atoms with Gasteiger partial charge in [0.15, 0.2) is 17.8 Å². The van der Waals surface area contributed by atoms with Crippen molar-refractivity contribution in [2.24, 2.45) is 0 Å². The number of aromatic nitrogens is 2. The van der Waals surface area contributed by atoms with Gasteiger partial charge in [0, 0.05) is 0 Å². The Morgan fingerprint density at radius 2 is 1.23 bits per heavy atom. The molecule has 3 heteroatoms. The fraction of sp³-hybridized carbons (Fsp3) is 0.750. The Kier molecular flexibility index (Phi) is 14.4. The van der Waals surface area contributed by atoms with Crippen LogP contribution < -0.4 is 4.57 Å². The van der Waals surface area contributed by atoms with Gasteiger partial charge in [0.2, 0.25) is 6.33 Å². The van der Waals surface area contributed by atoms with Crippen molar-refractivity contribution in [1.29, 1.82) is 0 Å². The highest BCUT2D eigenvalue weighted by Crippen LogP contribution is 2.14. The maximum Gasteiger partial charge on any atom is 0.246 e. The highest BCUT2D eigenvalue weighted by atomic mass is 16.5. The Morgan fingerprint density at radius 1 is 0.677 bits per heavy atom. The average molecular weight is 430 g/mol. The van der Waals surface area contributed by atoms with Crippen LogP contribution in [-0.4, -0.2) is 11.2 Å². The van der Waals surface area contributed by atoms with Crippen molar-refractivity contribution in [3.05, 3.63) is 30.6 Å². The van der Waals surface area contributed by atoms with E-state index in [2.05, 4.69) is 53.6 Å². The molecule has 2 rings (SSSR count). The van der Waals surface area contributed by atoms with Crippen LogP contribution in [0.5, 0.6) is 0 Å². The number of fused-ring (bicyclic) bond motifs is 1. The second-order valence-electron chi connectivity index (χ2n) is 9.25. The smallest absolute Gasteiger partial charge is 0.246 e. The zero-order chi connectivity index (χ0) is 22.0. The minimum absolute atomic E-state index is 0.667. The van der Waals surface area contributed by atoms with Crippen molar-refractivity contribution in [2.75, 3.05) is 6.61 Å². The average Bonchev–Trinajstić information content (AvgIpc) is 3.15. The van der Waals surface area contributed by atoms with Crippen LogP contribution in [0.2, 0.25) is 0 Å². The molecule has 1 heterocycles. The van der Waals surface area contributed by atoms with E-state index in [1.165, 1.54) is 114 Å². The molecule has 0 bridgehead atoms. The molecule has 0 unspecified atom stereocenters. The first kappa shape index (κ1) is 25.9. The van der Waals surface area contributed by atoms with Crippen molar-refractivity contribution in [3.63, 3.8) is 0 Å². The molecule has 0 N–H and O–H groups in total. The third-order valence-electron chi connectivity index (χ3n) is 6.40. The second-order valence-corrected chi connectivity index (χ2v) is 9.25. The predicted octanol–water partition coefficient (Wildman–Crippen LogP) is 8.18. The van der Waals surface area contributed by atoms with E-state index in [4.69, 9.17) is 4.74 Å². The molecular weight excluding hydrogens is 380 g/mol. The van der Waals surface area contributed by atoms with Crippen LogP contribution in [0.3, 0.4) is 0 Å². The van der Waals surface area contributed by atoms with Gasteiger partial charge in [-0.2, -0.15) is 0 Å². The maximum atomic E-state index is 6.03. The van der Waals surface area contributed by atoms with E-state index in [1.807, 2.05) is 0 Å². The first-order chi connectivity index (χ1) is 15.4. The Labute approximate surface area is 192 Å². The lowest BCUT2D eigenvalue weighted by Gasteiger charge is -2.04. The summed E-state index contributed by atoms with van der Waals surface area (Å²) in [5.74, 6) is 0. The SMILES string of the molecule is CCCCCCCCCCCCCCOC[n+]1cn(CCCCCC)c2ccccc21. The molecule has 0 spiro atoms. The first-order valence-electron chi connectivity index (χ1n) is 13.4. The zero-order valence-electron chi connectivity index (χ0n) is 20.6. The summed E-state index contributed by atoms with van der Waals surface area (Å²) in [5, 5.41) is 0. The molecule has 0 radical (unpaired) electrons. The van der Waals surface area contributed by atoms with E-state index in [0.717, 1.165) is 13.2 Å². The van der Waals surface area contributed by atoms with Gasteiger partial charge in [0.1, 0.15) is 0 Å². The summed E-state index contributed by atoms with van der Waals surface area (Å²) >= 11 is 0. The zero-order valence-corrected chi connectivity index (χ0v) is 20.6. The van der Waals surface area contributed by atoms with Gasteiger partial charge in [-0.25, -0.2) is 9.13 Å². The number of hydrogen-bond acceptors (Lipinski definition) is 1. The standard InChI is InChI=1S/C28H49N2O/c1-3-5-7-9-10-11-12-13-14-15-16-20-24-31-26-30-25-29(23-19-8-6-4-2)27-21-17-18-22-28(27)30/h17-18,21-22,25H,3-16,19-20,23-24,26H2,1-2H3/q+1. The quantitative estimate of drug-likeness (QED) is 0.153. The number of unbranched alkanes of at least 4 members (excludes halogenated alkanes) is 14. The Hall–Kier alpha value is -1.35. The molecule has 0 saturated carbocycles. The molecule has 2 aromatic rings. The van der Waals surface area contributed by atoms with E-state index in [1.54, 1.807) is 0 Å². The fourth-order valence-electron chi connectivity index (χ4n) is 4.44. The molecule has 176 valence electrons. The molecule has 0 aliphatic carbocycles. The molecule has 3 nitrogen and oxygen atoms in total.